The first-order valence-corrected chi connectivity index (χ1v) is 8.56. The number of hydrogen-bond donors (Lipinski definition) is 1. The molecule has 2 aliphatic rings. The first kappa shape index (κ1) is 16.3. The maximum atomic E-state index is 13.0. The monoisotopic (exact) mass is 294 g/mol. The average molecular weight is 294 g/mol. The third-order valence-electron chi connectivity index (χ3n) is 5.12. The van der Waals surface area contributed by atoms with Gasteiger partial charge in [-0.1, -0.05) is 32.6 Å². The number of hydrogen-bond acceptors (Lipinski definition) is 2. The number of rotatable bonds is 4. The van der Waals surface area contributed by atoms with Crippen molar-refractivity contribution < 1.29 is 9.59 Å². The Labute approximate surface area is 128 Å². The van der Waals surface area contributed by atoms with Crippen molar-refractivity contribution in [1.29, 1.82) is 0 Å². The first-order valence-electron chi connectivity index (χ1n) is 8.56. The van der Waals surface area contributed by atoms with Crippen LogP contribution in [0.15, 0.2) is 0 Å². The third kappa shape index (κ3) is 3.78. The number of amides is 2. The summed E-state index contributed by atoms with van der Waals surface area (Å²) in [5, 5.41) is 3.01. The summed E-state index contributed by atoms with van der Waals surface area (Å²) in [5.74, 6) is 0.508. The second-order valence-corrected chi connectivity index (χ2v) is 7.25. The highest BCUT2D eigenvalue weighted by Crippen LogP contribution is 2.31. The zero-order valence-corrected chi connectivity index (χ0v) is 13.8. The molecular formula is C17H30N2O2. The smallest absolute Gasteiger partial charge is 0.245 e. The van der Waals surface area contributed by atoms with Crippen molar-refractivity contribution in [1.82, 2.24) is 10.2 Å². The van der Waals surface area contributed by atoms with E-state index in [2.05, 4.69) is 26.1 Å². The van der Waals surface area contributed by atoms with Crippen LogP contribution in [-0.2, 0) is 9.59 Å². The largest absolute Gasteiger partial charge is 0.344 e. The van der Waals surface area contributed by atoms with Crippen molar-refractivity contribution >= 4 is 11.8 Å². The minimum atomic E-state index is -0.295. The van der Waals surface area contributed by atoms with Gasteiger partial charge < -0.3 is 10.2 Å². The van der Waals surface area contributed by atoms with Crippen molar-refractivity contribution in [2.24, 2.45) is 5.92 Å². The zero-order chi connectivity index (χ0) is 15.5. The summed E-state index contributed by atoms with van der Waals surface area (Å²) in [5.41, 5.74) is -0.162. The van der Waals surface area contributed by atoms with Crippen molar-refractivity contribution in [3.63, 3.8) is 0 Å². The standard InChI is InChI=1S/C17H30N2O2/c1-4-11-17(2,3)19-12-10-14(20)18-15(16(19)21)13-8-6-5-7-9-13/h13,15H,4-12H2,1-3H3,(H,18,20). The van der Waals surface area contributed by atoms with Gasteiger partial charge in [-0.2, -0.15) is 0 Å². The molecule has 4 nitrogen and oxygen atoms in total. The van der Waals surface area contributed by atoms with Crippen LogP contribution in [0.5, 0.6) is 0 Å². The van der Waals surface area contributed by atoms with Gasteiger partial charge in [-0.15, -0.1) is 0 Å². The molecule has 2 amide bonds. The molecule has 1 aliphatic heterocycles. The lowest BCUT2D eigenvalue weighted by atomic mass is 9.82. The van der Waals surface area contributed by atoms with E-state index in [1.807, 2.05) is 4.90 Å². The number of nitrogens with one attached hydrogen (secondary N) is 1. The SMILES string of the molecule is CCCC(C)(C)N1CCC(=O)NC(C2CCCCC2)C1=O. The van der Waals surface area contributed by atoms with Gasteiger partial charge in [-0.25, -0.2) is 0 Å². The topological polar surface area (TPSA) is 49.4 Å². The predicted molar refractivity (Wildman–Crippen MR) is 83.8 cm³/mol. The van der Waals surface area contributed by atoms with Crippen LogP contribution in [0.4, 0.5) is 0 Å². The second-order valence-electron chi connectivity index (χ2n) is 7.25. The molecule has 0 radical (unpaired) electrons. The fourth-order valence-corrected chi connectivity index (χ4v) is 3.93. The van der Waals surface area contributed by atoms with Gasteiger partial charge in [0.05, 0.1) is 0 Å². The van der Waals surface area contributed by atoms with E-state index in [1.54, 1.807) is 0 Å². The summed E-state index contributed by atoms with van der Waals surface area (Å²) in [6.45, 7) is 6.96. The lowest BCUT2D eigenvalue weighted by Gasteiger charge is -2.40. The molecule has 1 unspecified atom stereocenters. The summed E-state index contributed by atoms with van der Waals surface area (Å²) in [7, 11) is 0. The van der Waals surface area contributed by atoms with E-state index in [0.29, 0.717) is 18.9 Å². The molecule has 1 N–H and O–H groups in total. The summed E-state index contributed by atoms with van der Waals surface area (Å²) >= 11 is 0. The Morgan fingerprint density at radius 2 is 1.86 bits per heavy atom. The third-order valence-corrected chi connectivity index (χ3v) is 5.12. The normalized spacial score (nSPS) is 25.7. The maximum absolute atomic E-state index is 13.0. The molecular weight excluding hydrogens is 264 g/mol. The molecule has 1 saturated heterocycles. The van der Waals surface area contributed by atoms with Crippen molar-refractivity contribution in [2.75, 3.05) is 6.54 Å². The highest BCUT2D eigenvalue weighted by atomic mass is 16.2. The molecule has 0 aromatic rings. The molecule has 1 saturated carbocycles. The van der Waals surface area contributed by atoms with Gasteiger partial charge in [0.2, 0.25) is 11.8 Å². The van der Waals surface area contributed by atoms with E-state index in [4.69, 9.17) is 0 Å². The lowest BCUT2D eigenvalue weighted by Crippen LogP contribution is -2.55. The van der Waals surface area contributed by atoms with Crippen LogP contribution in [-0.4, -0.2) is 34.8 Å². The van der Waals surface area contributed by atoms with E-state index >= 15 is 0 Å². The van der Waals surface area contributed by atoms with E-state index < -0.39 is 0 Å². The molecule has 1 heterocycles. The Balaban J connectivity index is 2.19. The van der Waals surface area contributed by atoms with Gasteiger partial charge in [0, 0.05) is 18.5 Å². The van der Waals surface area contributed by atoms with E-state index in [0.717, 1.165) is 25.7 Å². The van der Waals surface area contributed by atoms with Gasteiger partial charge >= 0.3 is 0 Å². The van der Waals surface area contributed by atoms with Crippen LogP contribution in [0.1, 0.15) is 72.1 Å². The Kier molecular flexibility index (Phi) is 5.28. The van der Waals surface area contributed by atoms with Crippen LogP contribution >= 0.6 is 0 Å². The fraction of sp³-hybridized carbons (Fsp3) is 0.882. The lowest BCUT2D eigenvalue weighted by molar-refractivity contribution is -0.140. The van der Waals surface area contributed by atoms with Crippen molar-refractivity contribution in [3.05, 3.63) is 0 Å². The molecule has 2 rings (SSSR count). The Hall–Kier alpha value is -1.06. The fourth-order valence-electron chi connectivity index (χ4n) is 3.93. The predicted octanol–water partition coefficient (Wildman–Crippen LogP) is 2.86. The summed E-state index contributed by atoms with van der Waals surface area (Å²) in [6, 6.07) is -0.295. The van der Waals surface area contributed by atoms with Gasteiger partial charge in [0.25, 0.3) is 0 Å². The molecule has 2 fully saturated rings. The van der Waals surface area contributed by atoms with Crippen LogP contribution in [0, 0.1) is 5.92 Å². The van der Waals surface area contributed by atoms with Gasteiger partial charge in [0.1, 0.15) is 6.04 Å². The molecule has 21 heavy (non-hydrogen) atoms. The average Bonchev–Trinajstić information content (AvgIpc) is 2.59. The Morgan fingerprint density at radius 1 is 1.19 bits per heavy atom. The van der Waals surface area contributed by atoms with Crippen LogP contribution in [0.2, 0.25) is 0 Å². The summed E-state index contributed by atoms with van der Waals surface area (Å²) < 4.78 is 0. The van der Waals surface area contributed by atoms with Gasteiger partial charge in [0.15, 0.2) is 0 Å². The first-order chi connectivity index (χ1) is 9.95. The maximum Gasteiger partial charge on any atom is 0.245 e. The van der Waals surface area contributed by atoms with Crippen LogP contribution in [0.3, 0.4) is 0 Å². The minimum Gasteiger partial charge on any atom is -0.344 e. The minimum absolute atomic E-state index is 0.0359. The van der Waals surface area contributed by atoms with Crippen molar-refractivity contribution in [2.45, 2.75) is 83.7 Å². The molecule has 0 bridgehead atoms. The van der Waals surface area contributed by atoms with Crippen molar-refractivity contribution in [3.8, 4) is 0 Å². The van der Waals surface area contributed by atoms with E-state index in [-0.39, 0.29) is 23.4 Å². The number of nitrogens with zero attached hydrogens (tertiary/aromatic N) is 1. The highest BCUT2D eigenvalue weighted by Gasteiger charge is 2.40. The summed E-state index contributed by atoms with van der Waals surface area (Å²) in [6.07, 6.45) is 8.22. The zero-order valence-electron chi connectivity index (χ0n) is 13.8. The molecule has 0 spiro atoms. The van der Waals surface area contributed by atoms with E-state index in [9.17, 15) is 9.59 Å². The van der Waals surface area contributed by atoms with E-state index in [1.165, 1.54) is 19.3 Å². The van der Waals surface area contributed by atoms with Crippen LogP contribution < -0.4 is 5.32 Å². The molecule has 1 aliphatic carbocycles. The molecule has 1 atom stereocenters. The molecule has 0 aromatic heterocycles. The Morgan fingerprint density at radius 3 is 2.48 bits per heavy atom. The Bertz CT molecular complexity index is 386. The second kappa shape index (κ2) is 6.80. The number of carbonyl (C=O) groups is 2. The number of carbonyl (C=O) groups excluding carboxylic acids is 2. The summed E-state index contributed by atoms with van der Waals surface area (Å²) in [4.78, 5) is 27.0. The van der Waals surface area contributed by atoms with Gasteiger partial charge in [-0.3, -0.25) is 9.59 Å². The highest BCUT2D eigenvalue weighted by molar-refractivity contribution is 5.90. The molecule has 120 valence electrons. The quantitative estimate of drug-likeness (QED) is 0.866. The van der Waals surface area contributed by atoms with Crippen LogP contribution in [0.25, 0.3) is 0 Å². The molecule has 4 heteroatoms. The molecule has 0 aromatic carbocycles. The van der Waals surface area contributed by atoms with Gasteiger partial charge in [-0.05, 0) is 39.0 Å².